The lowest BCUT2D eigenvalue weighted by atomic mass is 9.94. The summed E-state index contributed by atoms with van der Waals surface area (Å²) in [7, 11) is 1.81. The van der Waals surface area contributed by atoms with Gasteiger partial charge in [0.2, 0.25) is 0 Å². The first-order chi connectivity index (χ1) is 17.9. The topological polar surface area (TPSA) is 82.1 Å². The summed E-state index contributed by atoms with van der Waals surface area (Å²) in [5.74, 6) is -0.178. The van der Waals surface area contributed by atoms with E-state index in [2.05, 4.69) is 12.2 Å². The average molecular weight is 508 g/mol. The Kier molecular flexibility index (Phi) is 9.22. The van der Waals surface area contributed by atoms with E-state index in [0.29, 0.717) is 25.3 Å². The second kappa shape index (κ2) is 12.6. The molecule has 200 valence electrons. The molecule has 7 heteroatoms. The van der Waals surface area contributed by atoms with Gasteiger partial charge in [-0.15, -0.1) is 0 Å². The summed E-state index contributed by atoms with van der Waals surface area (Å²) in [5, 5.41) is 13.2. The van der Waals surface area contributed by atoms with Gasteiger partial charge in [-0.25, -0.2) is 4.79 Å². The summed E-state index contributed by atoms with van der Waals surface area (Å²) in [6.07, 6.45) is 5.32. The number of aliphatic hydroxyl groups excluding tert-OH is 1. The quantitative estimate of drug-likeness (QED) is 0.615. The number of hydrogen-bond acceptors (Lipinski definition) is 4. The van der Waals surface area contributed by atoms with Crippen LogP contribution in [-0.2, 0) is 11.3 Å². The van der Waals surface area contributed by atoms with E-state index in [9.17, 15) is 14.7 Å². The van der Waals surface area contributed by atoms with Gasteiger partial charge in [-0.1, -0.05) is 68.7 Å². The smallest absolute Gasteiger partial charge is 0.317 e. The SMILES string of the molecule is C[C@@H]1CN([C@@H](C)CO)C(=O)c2ccccc2-c2ccccc2CO[C@@H]1CN(C)C(=O)NC1CCCCC1. The van der Waals surface area contributed by atoms with Gasteiger partial charge < -0.3 is 25.0 Å². The van der Waals surface area contributed by atoms with Gasteiger partial charge in [0.05, 0.1) is 25.4 Å². The van der Waals surface area contributed by atoms with Crippen LogP contribution in [0.3, 0.4) is 0 Å². The molecular formula is C30H41N3O4. The molecule has 0 unspecified atom stereocenters. The Morgan fingerprint density at radius 2 is 1.73 bits per heavy atom. The van der Waals surface area contributed by atoms with Crippen LogP contribution >= 0.6 is 0 Å². The molecule has 0 radical (unpaired) electrons. The number of carbonyl (C=O) groups excluding carboxylic acids is 2. The van der Waals surface area contributed by atoms with Crippen molar-refractivity contribution in [2.45, 2.75) is 70.7 Å². The molecule has 0 aromatic heterocycles. The Balaban J connectivity index is 1.62. The first-order valence-corrected chi connectivity index (χ1v) is 13.6. The number of nitrogens with one attached hydrogen (secondary N) is 1. The highest BCUT2D eigenvalue weighted by molar-refractivity contribution is 6.01. The van der Waals surface area contributed by atoms with E-state index >= 15 is 0 Å². The van der Waals surface area contributed by atoms with E-state index in [0.717, 1.165) is 42.4 Å². The predicted octanol–water partition coefficient (Wildman–Crippen LogP) is 4.69. The molecule has 1 heterocycles. The third kappa shape index (κ3) is 6.51. The molecule has 2 N–H and O–H groups in total. The molecule has 3 atom stereocenters. The Labute approximate surface area is 220 Å². The van der Waals surface area contributed by atoms with Crippen molar-refractivity contribution in [1.82, 2.24) is 15.1 Å². The third-order valence-corrected chi connectivity index (χ3v) is 7.83. The number of urea groups is 1. The second-order valence-electron chi connectivity index (χ2n) is 10.7. The summed E-state index contributed by atoms with van der Waals surface area (Å²) in [6, 6.07) is 15.4. The van der Waals surface area contributed by atoms with Crippen LogP contribution in [0.2, 0.25) is 0 Å². The van der Waals surface area contributed by atoms with Gasteiger partial charge in [0.25, 0.3) is 5.91 Å². The van der Waals surface area contributed by atoms with Crippen molar-refractivity contribution >= 4 is 11.9 Å². The molecular weight excluding hydrogens is 466 g/mol. The van der Waals surface area contributed by atoms with Crippen LogP contribution in [0.5, 0.6) is 0 Å². The average Bonchev–Trinajstić information content (AvgIpc) is 2.94. The zero-order valence-corrected chi connectivity index (χ0v) is 22.4. The Hall–Kier alpha value is -2.90. The minimum atomic E-state index is -0.355. The van der Waals surface area contributed by atoms with Crippen molar-refractivity contribution in [3.63, 3.8) is 0 Å². The summed E-state index contributed by atoms with van der Waals surface area (Å²) < 4.78 is 6.51. The van der Waals surface area contributed by atoms with Gasteiger partial charge in [-0.2, -0.15) is 0 Å². The molecule has 1 saturated carbocycles. The Morgan fingerprint density at radius 1 is 1.08 bits per heavy atom. The van der Waals surface area contributed by atoms with Gasteiger partial charge in [0, 0.05) is 37.7 Å². The molecule has 0 bridgehead atoms. The van der Waals surface area contributed by atoms with E-state index in [-0.39, 0.29) is 42.7 Å². The number of hydrogen-bond donors (Lipinski definition) is 2. The van der Waals surface area contributed by atoms with Crippen molar-refractivity contribution in [3.05, 3.63) is 59.7 Å². The minimum Gasteiger partial charge on any atom is -0.394 e. The number of aliphatic hydroxyl groups is 1. The van der Waals surface area contributed by atoms with E-state index in [1.54, 1.807) is 9.80 Å². The van der Waals surface area contributed by atoms with Gasteiger partial charge >= 0.3 is 6.03 Å². The fraction of sp³-hybridized carbons (Fsp3) is 0.533. The van der Waals surface area contributed by atoms with Gasteiger partial charge in [0.1, 0.15) is 0 Å². The van der Waals surface area contributed by atoms with Crippen LogP contribution in [0, 0.1) is 5.92 Å². The van der Waals surface area contributed by atoms with Crippen molar-refractivity contribution in [2.24, 2.45) is 5.92 Å². The number of benzene rings is 2. The van der Waals surface area contributed by atoms with Crippen LogP contribution in [0.4, 0.5) is 4.79 Å². The van der Waals surface area contributed by atoms with E-state index in [4.69, 9.17) is 4.74 Å². The molecule has 2 aromatic carbocycles. The summed E-state index contributed by atoms with van der Waals surface area (Å²) in [6.45, 7) is 4.98. The molecule has 4 rings (SSSR count). The molecule has 0 spiro atoms. The highest BCUT2D eigenvalue weighted by atomic mass is 16.5. The first-order valence-electron chi connectivity index (χ1n) is 13.6. The standard InChI is InChI=1S/C30H41N3O4/c1-21-17-33(22(2)19-34)29(35)27-16-10-9-15-26(27)25-14-8-7-11-23(25)20-37-28(21)18-32(3)30(36)31-24-12-5-4-6-13-24/h7-11,14-16,21-22,24,28,34H,4-6,12-13,17-20H2,1-3H3,(H,31,36)/t21-,22+,28-/m1/s1. The monoisotopic (exact) mass is 507 g/mol. The number of amides is 3. The van der Waals surface area contributed by atoms with Crippen molar-refractivity contribution in [1.29, 1.82) is 0 Å². The number of fused-ring (bicyclic) bond motifs is 3. The molecule has 2 aliphatic rings. The first kappa shape index (κ1) is 27.1. The van der Waals surface area contributed by atoms with E-state index < -0.39 is 0 Å². The fourth-order valence-electron chi connectivity index (χ4n) is 5.44. The molecule has 3 amide bonds. The summed E-state index contributed by atoms with van der Waals surface area (Å²) >= 11 is 0. The summed E-state index contributed by atoms with van der Waals surface area (Å²) in [5.41, 5.74) is 3.43. The van der Waals surface area contributed by atoms with Crippen molar-refractivity contribution in [3.8, 4) is 11.1 Å². The van der Waals surface area contributed by atoms with Gasteiger partial charge in [-0.3, -0.25) is 4.79 Å². The molecule has 2 aromatic rings. The highest BCUT2D eigenvalue weighted by Gasteiger charge is 2.31. The van der Waals surface area contributed by atoms with Crippen LogP contribution in [0.15, 0.2) is 48.5 Å². The molecule has 7 nitrogen and oxygen atoms in total. The maximum Gasteiger partial charge on any atom is 0.317 e. The van der Waals surface area contributed by atoms with Crippen LogP contribution < -0.4 is 5.32 Å². The van der Waals surface area contributed by atoms with Gasteiger partial charge in [-0.05, 0) is 42.5 Å². The van der Waals surface area contributed by atoms with Crippen molar-refractivity contribution < 1.29 is 19.4 Å². The number of likely N-dealkylation sites (N-methyl/N-ethyl adjacent to an activating group) is 1. The molecule has 1 aliphatic heterocycles. The number of carbonyl (C=O) groups is 2. The number of rotatable bonds is 5. The Bertz CT molecular complexity index is 1070. The Morgan fingerprint density at radius 3 is 2.43 bits per heavy atom. The third-order valence-electron chi connectivity index (χ3n) is 7.83. The fourth-order valence-corrected chi connectivity index (χ4v) is 5.44. The number of ether oxygens (including phenoxy) is 1. The van der Waals surface area contributed by atoms with E-state index in [1.165, 1.54) is 6.42 Å². The molecule has 1 aliphatic carbocycles. The van der Waals surface area contributed by atoms with Crippen molar-refractivity contribution in [2.75, 3.05) is 26.7 Å². The normalized spacial score (nSPS) is 21.8. The lowest BCUT2D eigenvalue weighted by Gasteiger charge is -2.35. The maximum atomic E-state index is 13.9. The second-order valence-corrected chi connectivity index (χ2v) is 10.7. The maximum absolute atomic E-state index is 13.9. The minimum absolute atomic E-state index is 0.0692. The van der Waals surface area contributed by atoms with E-state index in [1.807, 2.05) is 62.5 Å². The molecule has 0 saturated heterocycles. The molecule has 37 heavy (non-hydrogen) atoms. The zero-order valence-electron chi connectivity index (χ0n) is 22.4. The lowest BCUT2D eigenvalue weighted by Crippen LogP contribution is -2.50. The highest BCUT2D eigenvalue weighted by Crippen LogP contribution is 2.31. The predicted molar refractivity (Wildman–Crippen MR) is 145 cm³/mol. The summed E-state index contributed by atoms with van der Waals surface area (Å²) in [4.78, 5) is 30.3. The van der Waals surface area contributed by atoms with Crippen LogP contribution in [-0.4, -0.2) is 71.8 Å². The lowest BCUT2D eigenvalue weighted by molar-refractivity contribution is -0.0185. The molecule has 1 fully saturated rings. The number of nitrogens with zero attached hydrogens (tertiary/aromatic N) is 2. The largest absolute Gasteiger partial charge is 0.394 e. The zero-order chi connectivity index (χ0) is 26.4. The van der Waals surface area contributed by atoms with Crippen LogP contribution in [0.1, 0.15) is 61.9 Å². The van der Waals surface area contributed by atoms with Gasteiger partial charge in [0.15, 0.2) is 0 Å². The van der Waals surface area contributed by atoms with Crippen LogP contribution in [0.25, 0.3) is 11.1 Å².